The van der Waals surface area contributed by atoms with Gasteiger partial charge in [0.1, 0.15) is 10.7 Å². The van der Waals surface area contributed by atoms with E-state index in [1.54, 1.807) is 17.4 Å². The van der Waals surface area contributed by atoms with Crippen LogP contribution in [0.4, 0.5) is 5.69 Å². The number of methoxy groups -OCH3 is 2. The van der Waals surface area contributed by atoms with Crippen LogP contribution in [0.5, 0.6) is 0 Å². The van der Waals surface area contributed by atoms with Crippen molar-refractivity contribution in [2.45, 2.75) is 6.92 Å². The first-order chi connectivity index (χ1) is 14.0. The Kier molecular flexibility index (Phi) is 6.41. The second-order valence-electron chi connectivity index (χ2n) is 6.07. The zero-order valence-electron chi connectivity index (χ0n) is 16.3. The molecule has 0 aliphatic heterocycles. The number of ether oxygens (including phenoxy) is 2. The van der Waals surface area contributed by atoms with Crippen LogP contribution < -0.4 is 5.32 Å². The quantitative estimate of drug-likeness (QED) is 0.480. The van der Waals surface area contributed by atoms with Crippen molar-refractivity contribution < 1.29 is 19.1 Å². The lowest BCUT2D eigenvalue weighted by molar-refractivity contribution is -0.138. The molecule has 0 saturated heterocycles. The summed E-state index contributed by atoms with van der Waals surface area (Å²) in [5, 5.41) is 3.78. The highest BCUT2D eigenvalue weighted by Gasteiger charge is 2.15. The molecule has 2 aromatic carbocycles. The van der Waals surface area contributed by atoms with Crippen LogP contribution in [0.3, 0.4) is 0 Å². The molecule has 0 radical (unpaired) electrons. The van der Waals surface area contributed by atoms with Crippen LogP contribution in [0.2, 0.25) is 0 Å². The van der Waals surface area contributed by atoms with Crippen molar-refractivity contribution in [1.82, 2.24) is 4.98 Å². The lowest BCUT2D eigenvalue weighted by Gasteiger charge is -2.10. The van der Waals surface area contributed by atoms with Gasteiger partial charge in [0.2, 0.25) is 0 Å². The largest absolute Gasteiger partial charge is 0.466 e. The van der Waals surface area contributed by atoms with Gasteiger partial charge in [0.25, 0.3) is 0 Å². The van der Waals surface area contributed by atoms with Gasteiger partial charge >= 0.3 is 11.9 Å². The predicted octanol–water partition coefficient (Wildman–Crippen LogP) is 4.43. The molecule has 0 fully saturated rings. The number of aromatic nitrogens is 1. The molecule has 29 heavy (non-hydrogen) atoms. The number of hydrogen-bond donors (Lipinski definition) is 1. The van der Waals surface area contributed by atoms with Gasteiger partial charge in [-0.2, -0.15) is 0 Å². The van der Waals surface area contributed by atoms with E-state index in [0.29, 0.717) is 5.69 Å². The molecule has 1 N–H and O–H groups in total. The van der Waals surface area contributed by atoms with Crippen molar-refractivity contribution in [2.75, 3.05) is 19.5 Å². The van der Waals surface area contributed by atoms with Crippen LogP contribution >= 0.6 is 11.3 Å². The summed E-state index contributed by atoms with van der Waals surface area (Å²) in [6.07, 6.45) is 1.06. The van der Waals surface area contributed by atoms with E-state index in [4.69, 9.17) is 9.72 Å². The SMILES string of the molecule is COC(=O)/C=C(/Nc1cccc(-c2nc(-c3ccccc3)c(C)s2)c1)C(=O)OC. The van der Waals surface area contributed by atoms with Crippen molar-refractivity contribution in [2.24, 2.45) is 0 Å². The second-order valence-corrected chi connectivity index (χ2v) is 7.27. The summed E-state index contributed by atoms with van der Waals surface area (Å²) in [6, 6.07) is 17.5. The number of carbonyl (C=O) groups is 2. The molecule has 0 spiro atoms. The van der Waals surface area contributed by atoms with Crippen LogP contribution in [-0.4, -0.2) is 31.1 Å². The Bertz CT molecular complexity index is 1060. The van der Waals surface area contributed by atoms with Gasteiger partial charge in [0, 0.05) is 21.7 Å². The Balaban J connectivity index is 1.91. The standard InChI is InChI=1S/C22H20N2O4S/c1-14-20(15-8-5-4-6-9-15)24-21(29-14)16-10-7-11-17(12-16)23-18(22(26)28-3)13-19(25)27-2/h4-13,23H,1-3H3/b18-13+. The number of aryl methyl sites for hydroxylation is 1. The summed E-state index contributed by atoms with van der Waals surface area (Å²) in [5.74, 6) is -1.32. The van der Waals surface area contributed by atoms with E-state index >= 15 is 0 Å². The van der Waals surface area contributed by atoms with Gasteiger partial charge in [-0.1, -0.05) is 42.5 Å². The number of hydrogen-bond acceptors (Lipinski definition) is 7. The molecule has 1 heterocycles. The minimum Gasteiger partial charge on any atom is -0.466 e. The maximum Gasteiger partial charge on any atom is 0.354 e. The number of anilines is 1. The van der Waals surface area contributed by atoms with Crippen molar-refractivity contribution in [3.05, 3.63) is 71.2 Å². The first-order valence-corrected chi connectivity index (χ1v) is 9.61. The summed E-state index contributed by atoms with van der Waals surface area (Å²) in [5.41, 5.74) is 3.52. The molecule has 3 rings (SSSR count). The molecule has 1 aromatic heterocycles. The number of carbonyl (C=O) groups excluding carboxylic acids is 2. The Hall–Kier alpha value is -3.45. The molecule has 0 aliphatic rings. The highest BCUT2D eigenvalue weighted by molar-refractivity contribution is 7.15. The second kappa shape index (κ2) is 9.16. The molecule has 6 nitrogen and oxygen atoms in total. The first-order valence-electron chi connectivity index (χ1n) is 8.80. The topological polar surface area (TPSA) is 77.5 Å². The zero-order valence-corrected chi connectivity index (χ0v) is 17.1. The van der Waals surface area contributed by atoms with E-state index < -0.39 is 11.9 Å². The third-order valence-corrected chi connectivity index (χ3v) is 5.12. The molecule has 148 valence electrons. The normalized spacial score (nSPS) is 11.1. The van der Waals surface area contributed by atoms with E-state index in [0.717, 1.165) is 32.8 Å². The third kappa shape index (κ3) is 4.89. The molecule has 0 amide bonds. The predicted molar refractivity (Wildman–Crippen MR) is 113 cm³/mol. The molecule has 0 saturated carbocycles. The average molecular weight is 408 g/mol. The van der Waals surface area contributed by atoms with Crippen molar-refractivity contribution in [1.29, 1.82) is 0 Å². The summed E-state index contributed by atoms with van der Waals surface area (Å²) in [6.45, 7) is 2.04. The molecule has 7 heteroatoms. The molecular formula is C22H20N2O4S. The van der Waals surface area contributed by atoms with Crippen molar-refractivity contribution >= 4 is 29.0 Å². The van der Waals surface area contributed by atoms with Gasteiger partial charge in [-0.25, -0.2) is 14.6 Å². The zero-order chi connectivity index (χ0) is 20.8. The number of nitrogens with one attached hydrogen (secondary N) is 1. The van der Waals surface area contributed by atoms with Crippen LogP contribution in [0.25, 0.3) is 21.8 Å². The van der Waals surface area contributed by atoms with E-state index in [-0.39, 0.29) is 5.70 Å². The van der Waals surface area contributed by atoms with Gasteiger partial charge in [-0.3, -0.25) is 0 Å². The van der Waals surface area contributed by atoms with Gasteiger partial charge in [0.15, 0.2) is 0 Å². The van der Waals surface area contributed by atoms with E-state index in [1.807, 2.05) is 55.5 Å². The van der Waals surface area contributed by atoms with Gasteiger partial charge in [-0.05, 0) is 19.1 Å². The fraction of sp³-hybridized carbons (Fsp3) is 0.136. The summed E-state index contributed by atoms with van der Waals surface area (Å²) >= 11 is 1.60. The first kappa shape index (κ1) is 20.3. The lowest BCUT2D eigenvalue weighted by Crippen LogP contribution is -2.15. The molecule has 0 unspecified atom stereocenters. The fourth-order valence-electron chi connectivity index (χ4n) is 2.70. The van der Waals surface area contributed by atoms with Gasteiger partial charge in [-0.15, -0.1) is 11.3 Å². The van der Waals surface area contributed by atoms with Crippen LogP contribution in [0, 0.1) is 6.92 Å². The molecule has 0 atom stereocenters. The number of nitrogens with zero attached hydrogens (tertiary/aromatic N) is 1. The lowest BCUT2D eigenvalue weighted by atomic mass is 10.1. The Labute approximate surface area is 172 Å². The average Bonchev–Trinajstić information content (AvgIpc) is 3.15. The highest BCUT2D eigenvalue weighted by Crippen LogP contribution is 2.34. The summed E-state index contributed by atoms with van der Waals surface area (Å²) in [7, 11) is 2.48. The van der Waals surface area contributed by atoms with Gasteiger partial charge in [0.05, 0.1) is 26.0 Å². The maximum atomic E-state index is 12.0. The van der Waals surface area contributed by atoms with E-state index in [1.165, 1.54) is 14.2 Å². The number of thiazole rings is 1. The highest BCUT2D eigenvalue weighted by atomic mass is 32.1. The molecular weight excluding hydrogens is 388 g/mol. The summed E-state index contributed by atoms with van der Waals surface area (Å²) < 4.78 is 9.32. The minimum absolute atomic E-state index is 0.0169. The van der Waals surface area contributed by atoms with Crippen LogP contribution in [-0.2, 0) is 19.1 Å². The molecule has 0 aliphatic carbocycles. The smallest absolute Gasteiger partial charge is 0.354 e. The van der Waals surface area contributed by atoms with Gasteiger partial charge < -0.3 is 14.8 Å². The van der Waals surface area contributed by atoms with E-state index in [2.05, 4.69) is 10.1 Å². The Morgan fingerprint density at radius 2 is 1.72 bits per heavy atom. The number of esters is 2. The summed E-state index contributed by atoms with van der Waals surface area (Å²) in [4.78, 5) is 29.4. The minimum atomic E-state index is -0.669. The van der Waals surface area contributed by atoms with Crippen molar-refractivity contribution in [3.63, 3.8) is 0 Å². The van der Waals surface area contributed by atoms with Crippen molar-refractivity contribution in [3.8, 4) is 21.8 Å². The van der Waals surface area contributed by atoms with E-state index in [9.17, 15) is 9.59 Å². The van der Waals surface area contributed by atoms with Crippen LogP contribution in [0.1, 0.15) is 4.88 Å². The monoisotopic (exact) mass is 408 g/mol. The fourth-order valence-corrected chi connectivity index (χ4v) is 3.63. The number of rotatable bonds is 6. The maximum absolute atomic E-state index is 12.0. The Morgan fingerprint density at radius 1 is 1.00 bits per heavy atom. The number of benzene rings is 2. The molecule has 3 aromatic rings. The molecule has 0 bridgehead atoms. The third-order valence-electron chi connectivity index (χ3n) is 4.10. The Morgan fingerprint density at radius 3 is 2.41 bits per heavy atom. The van der Waals surface area contributed by atoms with Crippen LogP contribution in [0.15, 0.2) is 66.4 Å².